The molecule has 1 N–H and O–H groups in total. The maximum atomic E-state index is 3.92. The van der Waals surface area contributed by atoms with Crippen LogP contribution in [0.25, 0.3) is 0 Å². The fourth-order valence-corrected chi connectivity index (χ4v) is 8.97. The van der Waals surface area contributed by atoms with Gasteiger partial charge in [0.25, 0.3) is 0 Å². The molecule has 0 spiro atoms. The van der Waals surface area contributed by atoms with Gasteiger partial charge in [-0.05, 0) is 111 Å². The van der Waals surface area contributed by atoms with Crippen molar-refractivity contribution in [2.24, 2.45) is 46.8 Å². The molecule has 0 heterocycles. The van der Waals surface area contributed by atoms with E-state index >= 15 is 0 Å². The van der Waals surface area contributed by atoms with Gasteiger partial charge in [-0.3, -0.25) is 0 Å². The Morgan fingerprint density at radius 2 is 1.72 bits per heavy atom. The van der Waals surface area contributed by atoms with Gasteiger partial charge in [-0.2, -0.15) is 0 Å². The largest absolute Gasteiger partial charge is 0.310 e. The molecule has 9 atom stereocenters. The Labute approximate surface area is 179 Å². The summed E-state index contributed by atoms with van der Waals surface area (Å²) in [6, 6.07) is 11.6. The summed E-state index contributed by atoms with van der Waals surface area (Å²) in [6.45, 7) is 8.70. The second-order valence-corrected chi connectivity index (χ2v) is 11.7. The van der Waals surface area contributed by atoms with Crippen LogP contribution in [0.1, 0.15) is 84.1 Å². The number of hydrogen-bond donors (Lipinski definition) is 1. The number of fused-ring (bicyclic) bond motifs is 5. The first-order valence-corrected chi connectivity index (χ1v) is 12.8. The van der Waals surface area contributed by atoms with Crippen molar-refractivity contribution in [3.05, 3.63) is 35.9 Å². The molecule has 1 heteroatoms. The predicted octanol–water partition coefficient (Wildman–Crippen LogP) is 7.07. The van der Waals surface area contributed by atoms with E-state index in [0.29, 0.717) is 11.5 Å². The molecule has 1 aromatic carbocycles. The molecule has 0 saturated heterocycles. The maximum Gasteiger partial charge on any atom is 0.0208 e. The lowest BCUT2D eigenvalue weighted by atomic mass is 9.49. The van der Waals surface area contributed by atoms with Crippen LogP contribution in [0, 0.1) is 46.8 Å². The minimum Gasteiger partial charge on any atom is -0.310 e. The van der Waals surface area contributed by atoms with Gasteiger partial charge >= 0.3 is 0 Å². The minimum absolute atomic E-state index is 0.582. The highest BCUT2D eigenvalue weighted by Crippen LogP contribution is 2.64. The average Bonchev–Trinajstić information content (AvgIpc) is 3.09. The smallest absolute Gasteiger partial charge is 0.0208 e. The maximum absolute atomic E-state index is 3.92. The van der Waals surface area contributed by atoms with Crippen LogP contribution >= 0.6 is 0 Å². The quantitative estimate of drug-likeness (QED) is 0.577. The molecule has 5 rings (SSSR count). The van der Waals surface area contributed by atoms with E-state index in [1.54, 1.807) is 25.7 Å². The number of rotatable bonds is 4. The summed E-state index contributed by atoms with van der Waals surface area (Å²) in [7, 11) is 0. The van der Waals surface area contributed by atoms with Crippen molar-refractivity contribution in [2.45, 2.75) is 91.1 Å². The van der Waals surface area contributed by atoms with E-state index in [1.807, 2.05) is 0 Å². The molecular formula is C28H43N. The van der Waals surface area contributed by atoms with Crippen molar-refractivity contribution in [3.63, 3.8) is 0 Å². The van der Waals surface area contributed by atoms with Crippen LogP contribution in [0.3, 0.4) is 0 Å². The summed E-state index contributed by atoms with van der Waals surface area (Å²) in [5.41, 5.74) is 2.01. The summed E-state index contributed by atoms with van der Waals surface area (Å²) in [4.78, 5) is 0. The lowest BCUT2D eigenvalue weighted by molar-refractivity contribution is -0.0702. The van der Waals surface area contributed by atoms with Crippen molar-refractivity contribution >= 4 is 0 Å². The fraction of sp³-hybridized carbons (Fsp3) is 0.786. The first-order valence-electron chi connectivity index (χ1n) is 12.8. The monoisotopic (exact) mass is 393 g/mol. The molecule has 29 heavy (non-hydrogen) atoms. The first kappa shape index (κ1) is 20.1. The second kappa shape index (κ2) is 8.03. The molecule has 0 amide bonds. The van der Waals surface area contributed by atoms with Crippen LogP contribution in [0.15, 0.2) is 30.3 Å². The van der Waals surface area contributed by atoms with E-state index in [9.17, 15) is 0 Å². The van der Waals surface area contributed by atoms with Crippen molar-refractivity contribution < 1.29 is 0 Å². The van der Waals surface area contributed by atoms with Crippen molar-refractivity contribution in [1.29, 1.82) is 0 Å². The standard InChI is InChI=1S/C28H43N/c1-19-9-11-23-22(17-19)10-12-25-24(23)15-16-28(3)26(13-14-27(25)28)20(2)29-18-21-7-5-4-6-8-21/h4-8,19-20,22-27,29H,9-18H2,1-3H3. The summed E-state index contributed by atoms with van der Waals surface area (Å²) < 4.78 is 0. The Bertz CT molecular complexity index is 683. The highest BCUT2D eigenvalue weighted by molar-refractivity contribution is 5.15. The molecule has 4 saturated carbocycles. The number of benzene rings is 1. The third kappa shape index (κ3) is 3.60. The van der Waals surface area contributed by atoms with E-state index in [1.165, 1.54) is 37.7 Å². The van der Waals surface area contributed by atoms with E-state index in [2.05, 4.69) is 56.4 Å². The fourth-order valence-electron chi connectivity index (χ4n) is 8.97. The van der Waals surface area contributed by atoms with Crippen LogP contribution in [-0.2, 0) is 6.54 Å². The summed E-state index contributed by atoms with van der Waals surface area (Å²) in [5.74, 6) is 7.15. The number of nitrogens with one attached hydrogen (secondary N) is 1. The molecule has 4 fully saturated rings. The van der Waals surface area contributed by atoms with Crippen LogP contribution in [-0.4, -0.2) is 6.04 Å². The predicted molar refractivity (Wildman–Crippen MR) is 123 cm³/mol. The van der Waals surface area contributed by atoms with E-state index < -0.39 is 0 Å². The zero-order valence-corrected chi connectivity index (χ0v) is 19.1. The Balaban J connectivity index is 1.26. The lowest BCUT2D eigenvalue weighted by Gasteiger charge is -2.56. The molecule has 4 aliphatic rings. The molecule has 4 aliphatic carbocycles. The molecule has 0 bridgehead atoms. The first-order chi connectivity index (χ1) is 14.1. The van der Waals surface area contributed by atoms with Crippen LogP contribution in [0.5, 0.6) is 0 Å². The molecule has 160 valence electrons. The van der Waals surface area contributed by atoms with Gasteiger partial charge in [0.2, 0.25) is 0 Å². The molecule has 0 aliphatic heterocycles. The second-order valence-electron chi connectivity index (χ2n) is 11.7. The Hall–Kier alpha value is -0.820. The highest BCUT2D eigenvalue weighted by atomic mass is 14.9. The van der Waals surface area contributed by atoms with E-state index in [0.717, 1.165) is 48.0 Å². The zero-order chi connectivity index (χ0) is 20.0. The third-order valence-electron chi connectivity index (χ3n) is 10.4. The zero-order valence-electron chi connectivity index (χ0n) is 19.1. The molecule has 1 aromatic rings. The van der Waals surface area contributed by atoms with Gasteiger partial charge in [-0.1, -0.05) is 50.6 Å². The summed E-state index contributed by atoms with van der Waals surface area (Å²) in [5, 5.41) is 3.92. The normalized spacial score (nSPS) is 45.1. The van der Waals surface area contributed by atoms with E-state index in [-0.39, 0.29) is 0 Å². The average molecular weight is 394 g/mol. The van der Waals surface area contributed by atoms with Crippen LogP contribution in [0.2, 0.25) is 0 Å². The van der Waals surface area contributed by atoms with Gasteiger partial charge in [0, 0.05) is 12.6 Å². The van der Waals surface area contributed by atoms with Gasteiger partial charge in [0.15, 0.2) is 0 Å². The molecular weight excluding hydrogens is 350 g/mol. The van der Waals surface area contributed by atoms with Crippen molar-refractivity contribution in [2.75, 3.05) is 0 Å². The molecule has 0 radical (unpaired) electrons. The lowest BCUT2D eigenvalue weighted by Crippen LogP contribution is -2.50. The third-order valence-corrected chi connectivity index (χ3v) is 10.4. The van der Waals surface area contributed by atoms with Gasteiger partial charge in [0.1, 0.15) is 0 Å². The van der Waals surface area contributed by atoms with E-state index in [4.69, 9.17) is 0 Å². The Morgan fingerprint density at radius 1 is 0.931 bits per heavy atom. The SMILES string of the molecule is CC1CCC2C(CCC3C2CCC2(C)C(C(C)NCc4ccccc4)CCC32)C1. The minimum atomic E-state index is 0.582. The van der Waals surface area contributed by atoms with Gasteiger partial charge in [0.05, 0.1) is 0 Å². The topological polar surface area (TPSA) is 12.0 Å². The van der Waals surface area contributed by atoms with Crippen molar-refractivity contribution in [1.82, 2.24) is 5.32 Å². The van der Waals surface area contributed by atoms with Gasteiger partial charge in [-0.25, -0.2) is 0 Å². The highest BCUT2D eigenvalue weighted by Gasteiger charge is 2.57. The molecule has 9 unspecified atom stereocenters. The summed E-state index contributed by atoms with van der Waals surface area (Å²) in [6.07, 6.45) is 13.7. The van der Waals surface area contributed by atoms with Gasteiger partial charge in [-0.15, -0.1) is 0 Å². The van der Waals surface area contributed by atoms with Crippen LogP contribution < -0.4 is 5.32 Å². The van der Waals surface area contributed by atoms with Crippen molar-refractivity contribution in [3.8, 4) is 0 Å². The molecule has 0 aromatic heterocycles. The Kier molecular flexibility index (Phi) is 5.56. The Morgan fingerprint density at radius 3 is 2.55 bits per heavy atom. The van der Waals surface area contributed by atoms with Gasteiger partial charge < -0.3 is 5.32 Å². The molecule has 1 nitrogen and oxygen atoms in total. The number of hydrogen-bond acceptors (Lipinski definition) is 1. The van der Waals surface area contributed by atoms with Crippen LogP contribution in [0.4, 0.5) is 0 Å². The summed E-state index contributed by atoms with van der Waals surface area (Å²) >= 11 is 0.